The van der Waals surface area contributed by atoms with Crippen LogP contribution in [-0.2, 0) is 0 Å². The highest BCUT2D eigenvalue weighted by Gasteiger charge is 2.18. The van der Waals surface area contributed by atoms with Crippen LogP contribution in [0.5, 0.6) is 0 Å². The average molecular weight is 290 g/mol. The summed E-state index contributed by atoms with van der Waals surface area (Å²) in [6, 6.07) is 11.9. The molecule has 0 fully saturated rings. The highest BCUT2D eigenvalue weighted by Crippen LogP contribution is 2.30. The lowest BCUT2D eigenvalue weighted by molar-refractivity contribution is 0.274. The minimum Gasteiger partial charge on any atom is -0.308 e. The predicted octanol–water partition coefficient (Wildman–Crippen LogP) is 4.14. The largest absolute Gasteiger partial charge is 0.308 e. The summed E-state index contributed by atoms with van der Waals surface area (Å²) in [4.78, 5) is 3.69. The van der Waals surface area contributed by atoms with E-state index in [0.717, 1.165) is 6.54 Å². The molecule has 3 heteroatoms. The molecule has 2 atom stereocenters. The number of benzene rings is 1. The van der Waals surface area contributed by atoms with E-state index in [2.05, 4.69) is 75.4 Å². The van der Waals surface area contributed by atoms with E-state index in [1.807, 2.05) is 11.3 Å². The van der Waals surface area contributed by atoms with Crippen molar-refractivity contribution in [2.45, 2.75) is 32.9 Å². The summed E-state index contributed by atoms with van der Waals surface area (Å²) in [6.07, 6.45) is 0. The fourth-order valence-electron chi connectivity index (χ4n) is 2.47. The summed E-state index contributed by atoms with van der Waals surface area (Å²) in [5.41, 5.74) is 0. The molecule has 1 N–H and O–H groups in total. The minimum atomic E-state index is 0.403. The van der Waals surface area contributed by atoms with Crippen LogP contribution in [0.25, 0.3) is 10.1 Å². The molecule has 1 aromatic carbocycles. The van der Waals surface area contributed by atoms with Gasteiger partial charge in [0.05, 0.1) is 0 Å². The lowest BCUT2D eigenvalue weighted by Crippen LogP contribution is -2.42. The van der Waals surface area contributed by atoms with Crippen LogP contribution >= 0.6 is 11.3 Å². The van der Waals surface area contributed by atoms with Gasteiger partial charge in [-0.2, -0.15) is 0 Å². The lowest BCUT2D eigenvalue weighted by atomic mass is 10.0. The maximum atomic E-state index is 3.79. The average Bonchev–Trinajstić information content (AvgIpc) is 2.81. The van der Waals surface area contributed by atoms with Crippen molar-refractivity contribution < 1.29 is 0 Å². The molecule has 1 heterocycles. The molecular formula is C17H26N2S. The second kappa shape index (κ2) is 6.70. The standard InChI is InChI=1S/C17H26N2S/c1-12(2)15(11-19(4)5)18-13(3)17-10-14-8-6-7-9-16(14)20-17/h6-10,12-13,15,18H,11H2,1-5H3. The van der Waals surface area contributed by atoms with E-state index < -0.39 is 0 Å². The van der Waals surface area contributed by atoms with Gasteiger partial charge in [0.2, 0.25) is 0 Å². The Hall–Kier alpha value is -0.900. The van der Waals surface area contributed by atoms with Crippen molar-refractivity contribution in [3.05, 3.63) is 35.2 Å². The monoisotopic (exact) mass is 290 g/mol. The van der Waals surface area contributed by atoms with Crippen LogP contribution in [0.4, 0.5) is 0 Å². The molecule has 2 aromatic rings. The molecule has 0 spiro atoms. The second-order valence-corrected chi connectivity index (χ2v) is 7.30. The van der Waals surface area contributed by atoms with E-state index in [1.165, 1.54) is 15.0 Å². The third-order valence-electron chi connectivity index (χ3n) is 3.70. The molecule has 2 nitrogen and oxygen atoms in total. The van der Waals surface area contributed by atoms with Gasteiger partial charge in [0, 0.05) is 28.2 Å². The van der Waals surface area contributed by atoms with Crippen molar-refractivity contribution in [1.29, 1.82) is 0 Å². The number of likely N-dealkylation sites (N-methyl/N-ethyl adjacent to an activating group) is 1. The molecule has 2 unspecified atom stereocenters. The van der Waals surface area contributed by atoms with Crippen molar-refractivity contribution in [2.24, 2.45) is 5.92 Å². The van der Waals surface area contributed by atoms with E-state index in [0.29, 0.717) is 18.0 Å². The number of hydrogen-bond acceptors (Lipinski definition) is 3. The summed E-state index contributed by atoms with van der Waals surface area (Å²) in [6.45, 7) is 7.93. The first-order chi connectivity index (χ1) is 9.47. The molecule has 0 amide bonds. The van der Waals surface area contributed by atoms with Crippen molar-refractivity contribution >= 4 is 21.4 Å². The van der Waals surface area contributed by atoms with Gasteiger partial charge >= 0.3 is 0 Å². The van der Waals surface area contributed by atoms with Gasteiger partial charge in [-0.05, 0) is 44.5 Å². The Bertz CT molecular complexity index is 512. The molecule has 20 heavy (non-hydrogen) atoms. The Morgan fingerprint density at radius 2 is 1.85 bits per heavy atom. The maximum absolute atomic E-state index is 3.79. The molecule has 0 bridgehead atoms. The zero-order chi connectivity index (χ0) is 14.7. The van der Waals surface area contributed by atoms with Crippen molar-refractivity contribution in [1.82, 2.24) is 10.2 Å². The van der Waals surface area contributed by atoms with Gasteiger partial charge in [-0.1, -0.05) is 32.0 Å². The third-order valence-corrected chi connectivity index (χ3v) is 5.00. The van der Waals surface area contributed by atoms with Crippen LogP contribution < -0.4 is 5.32 Å². The Labute approximate surface area is 126 Å². The summed E-state index contributed by atoms with van der Waals surface area (Å²) in [5, 5.41) is 5.15. The van der Waals surface area contributed by atoms with E-state index in [1.54, 1.807) is 0 Å². The fourth-order valence-corrected chi connectivity index (χ4v) is 3.54. The second-order valence-electron chi connectivity index (χ2n) is 6.19. The van der Waals surface area contributed by atoms with E-state index in [4.69, 9.17) is 0 Å². The predicted molar refractivity (Wildman–Crippen MR) is 90.6 cm³/mol. The fraction of sp³-hybridized carbons (Fsp3) is 0.529. The van der Waals surface area contributed by atoms with Gasteiger partial charge < -0.3 is 10.2 Å². The summed E-state index contributed by atoms with van der Waals surface area (Å²) in [7, 11) is 4.28. The molecule has 110 valence electrons. The first-order valence-electron chi connectivity index (χ1n) is 7.36. The summed E-state index contributed by atoms with van der Waals surface area (Å²) >= 11 is 1.90. The SMILES string of the molecule is CC(NC(CN(C)C)C(C)C)c1cc2ccccc2s1. The summed E-state index contributed by atoms with van der Waals surface area (Å²) < 4.78 is 1.38. The molecule has 0 saturated carbocycles. The number of nitrogens with one attached hydrogen (secondary N) is 1. The molecule has 0 aliphatic rings. The topological polar surface area (TPSA) is 15.3 Å². The number of nitrogens with zero attached hydrogens (tertiary/aromatic N) is 1. The normalized spacial score (nSPS) is 15.2. The number of hydrogen-bond donors (Lipinski definition) is 1. The van der Waals surface area contributed by atoms with Gasteiger partial charge in [-0.25, -0.2) is 0 Å². The molecular weight excluding hydrogens is 264 g/mol. The minimum absolute atomic E-state index is 0.403. The first kappa shape index (κ1) is 15.5. The third kappa shape index (κ3) is 3.81. The Kier molecular flexibility index (Phi) is 5.19. The highest BCUT2D eigenvalue weighted by molar-refractivity contribution is 7.19. The summed E-state index contributed by atoms with van der Waals surface area (Å²) in [5.74, 6) is 0.634. The van der Waals surface area contributed by atoms with E-state index in [-0.39, 0.29) is 0 Å². The number of fused-ring (bicyclic) bond motifs is 1. The van der Waals surface area contributed by atoms with Crippen molar-refractivity contribution in [3.63, 3.8) is 0 Å². The van der Waals surface area contributed by atoms with Crippen LogP contribution in [0.3, 0.4) is 0 Å². The van der Waals surface area contributed by atoms with Crippen LogP contribution in [0, 0.1) is 5.92 Å². The van der Waals surface area contributed by atoms with Crippen molar-refractivity contribution in [3.8, 4) is 0 Å². The Morgan fingerprint density at radius 3 is 2.45 bits per heavy atom. The molecule has 1 aromatic heterocycles. The van der Waals surface area contributed by atoms with Crippen LogP contribution in [0.2, 0.25) is 0 Å². The van der Waals surface area contributed by atoms with E-state index >= 15 is 0 Å². The van der Waals surface area contributed by atoms with Gasteiger partial charge in [0.15, 0.2) is 0 Å². The van der Waals surface area contributed by atoms with Crippen LogP contribution in [0.15, 0.2) is 30.3 Å². The van der Waals surface area contributed by atoms with Crippen LogP contribution in [-0.4, -0.2) is 31.6 Å². The lowest BCUT2D eigenvalue weighted by Gasteiger charge is -2.28. The zero-order valence-electron chi connectivity index (χ0n) is 13.2. The molecule has 2 rings (SSSR count). The maximum Gasteiger partial charge on any atom is 0.0389 e. The molecule has 0 saturated heterocycles. The molecule has 0 radical (unpaired) electrons. The number of rotatable bonds is 6. The van der Waals surface area contributed by atoms with Gasteiger partial charge in [-0.3, -0.25) is 0 Å². The first-order valence-corrected chi connectivity index (χ1v) is 8.18. The Morgan fingerprint density at radius 1 is 1.15 bits per heavy atom. The Balaban J connectivity index is 2.11. The smallest absolute Gasteiger partial charge is 0.0389 e. The van der Waals surface area contributed by atoms with Gasteiger partial charge in [-0.15, -0.1) is 11.3 Å². The van der Waals surface area contributed by atoms with Crippen molar-refractivity contribution in [2.75, 3.05) is 20.6 Å². The molecule has 0 aliphatic carbocycles. The van der Waals surface area contributed by atoms with Gasteiger partial charge in [0.25, 0.3) is 0 Å². The molecule has 0 aliphatic heterocycles. The van der Waals surface area contributed by atoms with E-state index in [9.17, 15) is 0 Å². The number of thiophene rings is 1. The van der Waals surface area contributed by atoms with Crippen LogP contribution in [0.1, 0.15) is 31.7 Å². The van der Waals surface area contributed by atoms with Gasteiger partial charge in [0.1, 0.15) is 0 Å². The zero-order valence-corrected chi connectivity index (χ0v) is 14.0. The quantitative estimate of drug-likeness (QED) is 0.860. The highest BCUT2D eigenvalue weighted by atomic mass is 32.1.